The molecule has 4 atom stereocenters. The lowest BCUT2D eigenvalue weighted by Gasteiger charge is -2.28. The Kier molecular flexibility index (Phi) is 3.97. The van der Waals surface area contributed by atoms with Gasteiger partial charge in [0.2, 0.25) is 5.91 Å². The molecular weight excluding hydrogens is 238 g/mol. The Balaban J connectivity index is 1.77. The third-order valence-corrected chi connectivity index (χ3v) is 4.85. The molecule has 0 spiro atoms. The van der Waals surface area contributed by atoms with Crippen molar-refractivity contribution in [3.05, 3.63) is 0 Å². The van der Waals surface area contributed by atoms with Crippen molar-refractivity contribution in [1.29, 1.82) is 0 Å². The fraction of sp³-hybridized carbons (Fsp3) is 0.833. The van der Waals surface area contributed by atoms with E-state index in [2.05, 4.69) is 11.6 Å². The van der Waals surface area contributed by atoms with Crippen LogP contribution in [0.15, 0.2) is 0 Å². The van der Waals surface area contributed by atoms with Gasteiger partial charge in [0.15, 0.2) is 0 Å². The van der Waals surface area contributed by atoms with Gasteiger partial charge in [0.05, 0.1) is 11.8 Å². The number of thioether (sulfide) groups is 1. The Bertz CT molecular complexity index is 321. The van der Waals surface area contributed by atoms with Crippen LogP contribution in [-0.4, -0.2) is 34.5 Å². The minimum atomic E-state index is -0.837. The molecule has 2 saturated carbocycles. The van der Waals surface area contributed by atoms with Gasteiger partial charge in [-0.2, -0.15) is 11.8 Å². The van der Waals surface area contributed by atoms with Crippen molar-refractivity contribution in [2.75, 3.05) is 6.26 Å². The second kappa shape index (κ2) is 5.29. The van der Waals surface area contributed by atoms with E-state index in [9.17, 15) is 9.59 Å². The highest BCUT2D eigenvalue weighted by atomic mass is 32.2. The van der Waals surface area contributed by atoms with Crippen molar-refractivity contribution in [1.82, 2.24) is 5.32 Å². The molecule has 17 heavy (non-hydrogen) atoms. The summed E-state index contributed by atoms with van der Waals surface area (Å²) in [5.41, 5.74) is 0. The molecular formula is C12H19NO3S. The monoisotopic (exact) mass is 257 g/mol. The van der Waals surface area contributed by atoms with Crippen LogP contribution >= 0.6 is 11.8 Å². The summed E-state index contributed by atoms with van der Waals surface area (Å²) >= 11 is 1.86. The maximum Gasteiger partial charge on any atom is 0.307 e. The molecule has 0 radical (unpaired) electrons. The highest BCUT2D eigenvalue weighted by Gasteiger charge is 2.48. The first-order chi connectivity index (χ1) is 8.11. The molecule has 4 unspecified atom stereocenters. The highest BCUT2D eigenvalue weighted by Crippen LogP contribution is 2.39. The summed E-state index contributed by atoms with van der Waals surface area (Å²) in [6, 6.07) is 0.253. The third-order valence-electron chi connectivity index (χ3n) is 3.75. The summed E-state index contributed by atoms with van der Waals surface area (Å²) in [4.78, 5) is 22.5. The summed E-state index contributed by atoms with van der Waals surface area (Å²) in [5.74, 6) is -1.60. The topological polar surface area (TPSA) is 66.4 Å². The first kappa shape index (κ1) is 12.7. The van der Waals surface area contributed by atoms with Crippen LogP contribution in [0.3, 0.4) is 0 Å². The van der Waals surface area contributed by atoms with E-state index in [-0.39, 0.29) is 17.9 Å². The van der Waals surface area contributed by atoms with Crippen LogP contribution in [0, 0.1) is 11.8 Å². The van der Waals surface area contributed by atoms with Crippen LogP contribution in [0.4, 0.5) is 0 Å². The predicted molar refractivity (Wildman–Crippen MR) is 66.9 cm³/mol. The van der Waals surface area contributed by atoms with E-state index >= 15 is 0 Å². The molecule has 0 saturated heterocycles. The standard InChI is InChI=1S/C12H19NO3S/c1-17-8-4-2-3-7(5-8)13-11(14)9-6-10(9)12(15)16/h7-10H,2-6H2,1H3,(H,13,14)(H,15,16). The average Bonchev–Trinajstić information content (AvgIpc) is 3.09. The molecule has 2 aliphatic rings. The predicted octanol–water partition coefficient (Wildman–Crippen LogP) is 1.50. The Hall–Kier alpha value is -0.710. The minimum absolute atomic E-state index is 0.0517. The lowest BCUT2D eigenvalue weighted by atomic mass is 9.95. The summed E-state index contributed by atoms with van der Waals surface area (Å²) in [6.45, 7) is 0. The van der Waals surface area contributed by atoms with Gasteiger partial charge < -0.3 is 10.4 Å². The first-order valence-electron chi connectivity index (χ1n) is 6.17. The molecule has 2 N–H and O–H groups in total. The molecule has 5 heteroatoms. The number of carbonyl (C=O) groups is 2. The summed E-state index contributed by atoms with van der Waals surface area (Å²) < 4.78 is 0. The number of nitrogens with one attached hydrogen (secondary N) is 1. The van der Waals surface area contributed by atoms with Gasteiger partial charge in [-0.15, -0.1) is 0 Å². The summed E-state index contributed by atoms with van der Waals surface area (Å²) in [7, 11) is 0. The lowest BCUT2D eigenvalue weighted by molar-refractivity contribution is -0.140. The van der Waals surface area contributed by atoms with E-state index in [1.807, 2.05) is 11.8 Å². The number of rotatable bonds is 4. The van der Waals surface area contributed by atoms with Crippen LogP contribution in [0.5, 0.6) is 0 Å². The SMILES string of the molecule is CSC1CCCC(NC(=O)C2CC2C(=O)O)C1. The van der Waals surface area contributed by atoms with Gasteiger partial charge in [-0.05, 0) is 31.9 Å². The van der Waals surface area contributed by atoms with Crippen LogP contribution in [0.1, 0.15) is 32.1 Å². The molecule has 0 heterocycles. The minimum Gasteiger partial charge on any atom is -0.481 e. The van der Waals surface area contributed by atoms with E-state index in [1.54, 1.807) is 0 Å². The maximum absolute atomic E-state index is 11.8. The van der Waals surface area contributed by atoms with E-state index in [0.717, 1.165) is 19.3 Å². The Morgan fingerprint density at radius 1 is 1.24 bits per heavy atom. The number of hydrogen-bond donors (Lipinski definition) is 2. The van der Waals surface area contributed by atoms with Crippen LogP contribution in [0.2, 0.25) is 0 Å². The fourth-order valence-corrected chi connectivity index (χ4v) is 3.38. The third kappa shape index (κ3) is 3.15. The average molecular weight is 257 g/mol. The van der Waals surface area contributed by atoms with Crippen molar-refractivity contribution in [2.24, 2.45) is 11.8 Å². The van der Waals surface area contributed by atoms with Crippen molar-refractivity contribution in [2.45, 2.75) is 43.4 Å². The van der Waals surface area contributed by atoms with Crippen molar-refractivity contribution in [3.8, 4) is 0 Å². The molecule has 0 aliphatic heterocycles. The normalized spacial score (nSPS) is 36.3. The van der Waals surface area contributed by atoms with Gasteiger partial charge in [0.1, 0.15) is 0 Å². The van der Waals surface area contributed by atoms with Crippen LogP contribution < -0.4 is 5.32 Å². The largest absolute Gasteiger partial charge is 0.481 e. The Labute approximate surface area is 106 Å². The molecule has 0 aromatic heterocycles. The van der Waals surface area contributed by atoms with Crippen LogP contribution in [0.25, 0.3) is 0 Å². The van der Waals surface area contributed by atoms with Gasteiger partial charge in [0.25, 0.3) is 0 Å². The summed E-state index contributed by atoms with van der Waals surface area (Å²) in [5, 5.41) is 12.4. The molecule has 0 bridgehead atoms. The first-order valence-corrected chi connectivity index (χ1v) is 7.46. The Morgan fingerprint density at radius 2 is 2.00 bits per heavy atom. The molecule has 96 valence electrons. The quantitative estimate of drug-likeness (QED) is 0.801. The Morgan fingerprint density at radius 3 is 2.59 bits per heavy atom. The number of amides is 1. The number of hydrogen-bond acceptors (Lipinski definition) is 3. The number of carbonyl (C=O) groups excluding carboxylic acids is 1. The van der Waals surface area contributed by atoms with Crippen molar-refractivity contribution in [3.63, 3.8) is 0 Å². The van der Waals surface area contributed by atoms with E-state index in [1.165, 1.54) is 6.42 Å². The molecule has 1 amide bonds. The van der Waals surface area contributed by atoms with Gasteiger partial charge in [-0.25, -0.2) is 0 Å². The zero-order valence-electron chi connectivity index (χ0n) is 10.0. The zero-order chi connectivity index (χ0) is 12.4. The fourth-order valence-electron chi connectivity index (χ4n) is 2.56. The number of carboxylic acids is 1. The van der Waals surface area contributed by atoms with Gasteiger partial charge in [0, 0.05) is 11.3 Å². The molecule has 4 nitrogen and oxygen atoms in total. The molecule has 2 aliphatic carbocycles. The van der Waals surface area contributed by atoms with Gasteiger partial charge >= 0.3 is 5.97 Å². The summed E-state index contributed by atoms with van der Waals surface area (Å²) in [6.07, 6.45) is 7.07. The van der Waals surface area contributed by atoms with Crippen molar-refractivity contribution < 1.29 is 14.7 Å². The van der Waals surface area contributed by atoms with Crippen LogP contribution in [-0.2, 0) is 9.59 Å². The molecule has 0 aromatic rings. The highest BCUT2D eigenvalue weighted by molar-refractivity contribution is 7.99. The molecule has 2 fully saturated rings. The number of aliphatic carboxylic acids is 1. The van der Waals surface area contributed by atoms with Gasteiger partial charge in [-0.1, -0.05) is 6.42 Å². The maximum atomic E-state index is 11.8. The zero-order valence-corrected chi connectivity index (χ0v) is 10.8. The second-order valence-electron chi connectivity index (χ2n) is 5.02. The van der Waals surface area contributed by atoms with Crippen molar-refractivity contribution >= 4 is 23.6 Å². The number of carboxylic acid groups (broad SMARTS) is 1. The van der Waals surface area contributed by atoms with E-state index < -0.39 is 11.9 Å². The van der Waals surface area contributed by atoms with E-state index in [4.69, 9.17) is 5.11 Å². The molecule has 0 aromatic carbocycles. The smallest absolute Gasteiger partial charge is 0.307 e. The molecule has 2 rings (SSSR count). The van der Waals surface area contributed by atoms with E-state index in [0.29, 0.717) is 11.7 Å². The second-order valence-corrected chi connectivity index (χ2v) is 6.15. The van der Waals surface area contributed by atoms with Gasteiger partial charge in [-0.3, -0.25) is 9.59 Å². The lowest BCUT2D eigenvalue weighted by Crippen LogP contribution is -2.40.